The number of piperazine rings is 1. The third-order valence-electron chi connectivity index (χ3n) is 6.25. The number of aryl methyl sites for hydroxylation is 1. The summed E-state index contributed by atoms with van der Waals surface area (Å²) in [7, 11) is 1.88. The summed E-state index contributed by atoms with van der Waals surface area (Å²) in [5, 5.41) is 12.0. The Morgan fingerprint density at radius 3 is 2.82 bits per heavy atom. The summed E-state index contributed by atoms with van der Waals surface area (Å²) >= 11 is 0. The minimum Gasteiger partial charge on any atom is -0.492 e. The predicted molar refractivity (Wildman–Crippen MR) is 130 cm³/mol. The molecule has 2 aliphatic rings. The summed E-state index contributed by atoms with van der Waals surface area (Å²) in [6.45, 7) is 9.32. The Balaban J connectivity index is 1.41. The van der Waals surface area contributed by atoms with Gasteiger partial charge in [-0.3, -0.25) is 9.58 Å². The molecule has 0 spiro atoms. The number of amides is 2. The van der Waals surface area contributed by atoms with Gasteiger partial charge in [-0.1, -0.05) is 0 Å². The first-order chi connectivity index (χ1) is 15.9. The first-order valence-corrected chi connectivity index (χ1v) is 11.6. The molecule has 2 N–H and O–H groups in total. The van der Waals surface area contributed by atoms with Gasteiger partial charge in [0.1, 0.15) is 11.6 Å². The number of hydrogen-bond acceptors (Lipinski definition) is 6. The molecule has 0 radical (unpaired) electrons. The van der Waals surface area contributed by atoms with Crippen LogP contribution in [0.1, 0.15) is 26.3 Å². The highest BCUT2D eigenvalue weighted by Crippen LogP contribution is 2.36. The van der Waals surface area contributed by atoms with Gasteiger partial charge in [-0.15, -0.1) is 0 Å². The summed E-state index contributed by atoms with van der Waals surface area (Å²) in [6.07, 6.45) is 4.53. The Labute approximate surface area is 193 Å². The first kappa shape index (κ1) is 21.5. The molecule has 9 nitrogen and oxygen atoms in total. The van der Waals surface area contributed by atoms with Crippen LogP contribution in [0, 0.1) is 0 Å². The number of nitrogens with one attached hydrogen (secondary N) is 2. The molecule has 33 heavy (non-hydrogen) atoms. The fraction of sp³-hybridized carbons (Fsp3) is 0.458. The Bertz CT molecular complexity index is 1180. The van der Waals surface area contributed by atoms with Crippen LogP contribution in [0.25, 0.3) is 10.9 Å². The van der Waals surface area contributed by atoms with Crippen molar-refractivity contribution in [3.8, 4) is 5.75 Å². The summed E-state index contributed by atoms with van der Waals surface area (Å²) in [4.78, 5) is 22.1. The number of urea groups is 1. The van der Waals surface area contributed by atoms with Crippen LogP contribution in [0.15, 0.2) is 30.6 Å². The SMILES string of the molecule is CCOc1cc2nn(C)cc2cc1NC(=O)N1CCc2c(N3C[C@@H](C)N[C@@H](C)C3)ccnc21. The minimum atomic E-state index is -0.204. The molecule has 0 unspecified atom stereocenters. The van der Waals surface area contributed by atoms with Gasteiger partial charge in [0.25, 0.3) is 0 Å². The van der Waals surface area contributed by atoms with Crippen molar-refractivity contribution in [2.24, 2.45) is 7.05 Å². The van der Waals surface area contributed by atoms with Crippen LogP contribution in [-0.4, -0.2) is 59.1 Å². The van der Waals surface area contributed by atoms with E-state index in [1.54, 1.807) is 9.58 Å². The first-order valence-electron chi connectivity index (χ1n) is 11.6. The predicted octanol–water partition coefficient (Wildman–Crippen LogP) is 3.15. The van der Waals surface area contributed by atoms with Crippen LogP contribution >= 0.6 is 0 Å². The third kappa shape index (κ3) is 4.08. The molecule has 2 aromatic heterocycles. The van der Waals surface area contributed by atoms with E-state index in [1.807, 2.05) is 38.5 Å². The number of hydrogen-bond donors (Lipinski definition) is 2. The highest BCUT2D eigenvalue weighted by molar-refractivity contribution is 6.05. The number of nitrogens with zero attached hydrogens (tertiary/aromatic N) is 5. The largest absolute Gasteiger partial charge is 0.492 e. The number of benzene rings is 1. The molecule has 0 aliphatic carbocycles. The van der Waals surface area contributed by atoms with E-state index in [2.05, 4.69) is 45.5 Å². The van der Waals surface area contributed by atoms with Crippen molar-refractivity contribution in [3.05, 3.63) is 36.2 Å². The Kier molecular flexibility index (Phi) is 5.57. The van der Waals surface area contributed by atoms with Gasteiger partial charge in [-0.2, -0.15) is 5.10 Å². The number of aromatic nitrogens is 3. The molecule has 5 rings (SSSR count). The Morgan fingerprint density at radius 2 is 2.06 bits per heavy atom. The molecule has 2 aliphatic heterocycles. The monoisotopic (exact) mass is 449 g/mol. The average Bonchev–Trinajstić information content (AvgIpc) is 3.35. The van der Waals surface area contributed by atoms with E-state index in [9.17, 15) is 4.79 Å². The summed E-state index contributed by atoms with van der Waals surface area (Å²) < 4.78 is 7.55. The smallest absolute Gasteiger partial charge is 0.327 e. The molecular formula is C24H31N7O2. The second-order valence-electron chi connectivity index (χ2n) is 8.98. The van der Waals surface area contributed by atoms with E-state index in [1.165, 1.54) is 5.69 Å². The fourth-order valence-corrected chi connectivity index (χ4v) is 5.02. The van der Waals surface area contributed by atoms with Crippen molar-refractivity contribution in [1.82, 2.24) is 20.1 Å². The maximum absolute atomic E-state index is 13.3. The molecule has 0 saturated carbocycles. The molecule has 174 valence electrons. The topological polar surface area (TPSA) is 87.5 Å². The summed E-state index contributed by atoms with van der Waals surface area (Å²) in [6, 6.07) is 6.49. The molecule has 3 aromatic rings. The second kappa shape index (κ2) is 8.55. The van der Waals surface area contributed by atoms with Crippen molar-refractivity contribution < 1.29 is 9.53 Å². The molecule has 4 heterocycles. The van der Waals surface area contributed by atoms with E-state index >= 15 is 0 Å². The maximum Gasteiger partial charge on any atom is 0.327 e. The van der Waals surface area contributed by atoms with Gasteiger partial charge in [-0.05, 0) is 39.3 Å². The number of rotatable bonds is 4. The second-order valence-corrected chi connectivity index (χ2v) is 8.98. The van der Waals surface area contributed by atoms with E-state index in [0.29, 0.717) is 36.7 Å². The normalized spacial score (nSPS) is 20.2. The van der Waals surface area contributed by atoms with Gasteiger partial charge in [0, 0.05) is 73.9 Å². The number of carbonyl (C=O) groups is 1. The van der Waals surface area contributed by atoms with Crippen molar-refractivity contribution in [3.63, 3.8) is 0 Å². The van der Waals surface area contributed by atoms with Crippen molar-refractivity contribution in [1.29, 1.82) is 0 Å². The molecule has 0 bridgehead atoms. The number of anilines is 3. The van der Waals surface area contributed by atoms with Crippen molar-refractivity contribution in [2.45, 2.75) is 39.3 Å². The molecule has 1 fully saturated rings. The number of ether oxygens (including phenoxy) is 1. The van der Waals surface area contributed by atoms with Gasteiger partial charge in [-0.25, -0.2) is 9.78 Å². The number of pyridine rings is 1. The highest BCUT2D eigenvalue weighted by Gasteiger charge is 2.31. The minimum absolute atomic E-state index is 0.204. The van der Waals surface area contributed by atoms with Crippen molar-refractivity contribution >= 4 is 34.1 Å². The van der Waals surface area contributed by atoms with Gasteiger partial charge < -0.3 is 20.3 Å². The molecule has 1 saturated heterocycles. The molecule has 2 atom stereocenters. The zero-order valence-corrected chi connectivity index (χ0v) is 19.6. The summed E-state index contributed by atoms with van der Waals surface area (Å²) in [5.74, 6) is 1.35. The fourth-order valence-electron chi connectivity index (χ4n) is 5.02. The number of carbonyl (C=O) groups excluding carboxylic acids is 1. The van der Waals surface area contributed by atoms with Gasteiger partial charge >= 0.3 is 6.03 Å². The van der Waals surface area contributed by atoms with E-state index in [4.69, 9.17) is 4.74 Å². The quantitative estimate of drug-likeness (QED) is 0.636. The lowest BCUT2D eigenvalue weighted by atomic mass is 10.1. The lowest BCUT2D eigenvalue weighted by Crippen LogP contribution is -2.54. The van der Waals surface area contributed by atoms with Crippen LogP contribution in [-0.2, 0) is 13.5 Å². The zero-order chi connectivity index (χ0) is 23.1. The van der Waals surface area contributed by atoms with Crippen LogP contribution in [0.2, 0.25) is 0 Å². The molecular weight excluding hydrogens is 418 g/mol. The summed E-state index contributed by atoms with van der Waals surface area (Å²) in [5.41, 5.74) is 3.79. The van der Waals surface area contributed by atoms with Crippen LogP contribution in [0.5, 0.6) is 5.75 Å². The molecule has 9 heteroatoms. The van der Waals surface area contributed by atoms with E-state index in [0.717, 1.165) is 41.8 Å². The highest BCUT2D eigenvalue weighted by atomic mass is 16.5. The van der Waals surface area contributed by atoms with E-state index < -0.39 is 0 Å². The van der Waals surface area contributed by atoms with Crippen LogP contribution in [0.3, 0.4) is 0 Å². The standard InChI is InChI=1S/C24H31N7O2/c1-5-33-22-11-19-17(14-29(4)28-19)10-20(22)27-24(32)31-9-7-18-21(6-8-25-23(18)31)30-12-15(2)26-16(3)13-30/h6,8,10-11,14-16,26H,5,7,9,12-13H2,1-4H3,(H,27,32)/t15-,16+. The third-order valence-corrected chi connectivity index (χ3v) is 6.25. The Hall–Kier alpha value is -3.33. The maximum atomic E-state index is 13.3. The van der Waals surface area contributed by atoms with Crippen LogP contribution in [0.4, 0.5) is 22.0 Å². The number of fused-ring (bicyclic) bond motifs is 2. The van der Waals surface area contributed by atoms with Gasteiger partial charge in [0.15, 0.2) is 0 Å². The lowest BCUT2D eigenvalue weighted by Gasteiger charge is -2.38. The average molecular weight is 450 g/mol. The molecule has 2 amide bonds. The Morgan fingerprint density at radius 1 is 1.27 bits per heavy atom. The van der Waals surface area contributed by atoms with Crippen molar-refractivity contribution in [2.75, 3.05) is 41.4 Å². The van der Waals surface area contributed by atoms with Gasteiger partial charge in [0.05, 0.1) is 17.8 Å². The zero-order valence-electron chi connectivity index (χ0n) is 19.6. The molecule has 1 aromatic carbocycles. The van der Waals surface area contributed by atoms with Gasteiger partial charge in [0.2, 0.25) is 0 Å². The van der Waals surface area contributed by atoms with Crippen LogP contribution < -0.4 is 25.2 Å². The van der Waals surface area contributed by atoms with E-state index in [-0.39, 0.29) is 6.03 Å². The lowest BCUT2D eigenvalue weighted by molar-refractivity contribution is 0.257.